The first-order chi connectivity index (χ1) is 9.06. The maximum absolute atomic E-state index is 11.7. The van der Waals surface area contributed by atoms with Crippen LogP contribution in [0.25, 0.3) is 0 Å². The van der Waals surface area contributed by atoms with Crippen molar-refractivity contribution in [2.24, 2.45) is 0 Å². The number of hydrogen-bond donors (Lipinski definition) is 2. The van der Waals surface area contributed by atoms with Crippen LogP contribution in [0.5, 0.6) is 0 Å². The summed E-state index contributed by atoms with van der Waals surface area (Å²) in [7, 11) is 0. The Kier molecular flexibility index (Phi) is 4.45. The van der Waals surface area contributed by atoms with Crippen LogP contribution in [0.1, 0.15) is 21.7 Å². The van der Waals surface area contributed by atoms with E-state index in [1.807, 2.05) is 13.0 Å². The van der Waals surface area contributed by atoms with E-state index in [1.165, 1.54) is 0 Å². The number of aryl methyl sites for hydroxylation is 1. The number of nitrogens with one attached hydrogen (secondary N) is 2. The van der Waals surface area contributed by atoms with Crippen molar-refractivity contribution < 1.29 is 4.79 Å². The Hall–Kier alpha value is -1.52. The number of carbonyl (C=O) groups is 1. The highest BCUT2D eigenvalue weighted by Gasteiger charge is 2.08. The lowest BCUT2D eigenvalue weighted by molar-refractivity contribution is 0.0949. The Morgan fingerprint density at radius 2 is 2.16 bits per heavy atom. The topological polar surface area (TPSA) is 57.8 Å². The molecule has 0 saturated carbocycles. The SMILES string of the molecule is Cc1cc(C(=O)NCCc2ccc(Cl)cc2Cl)n[nH]1. The van der Waals surface area contributed by atoms with Gasteiger partial charge in [0.15, 0.2) is 0 Å². The van der Waals surface area contributed by atoms with E-state index in [9.17, 15) is 4.79 Å². The van der Waals surface area contributed by atoms with Crippen molar-refractivity contribution in [2.45, 2.75) is 13.3 Å². The number of hydrogen-bond acceptors (Lipinski definition) is 2. The van der Waals surface area contributed by atoms with Gasteiger partial charge in [-0.15, -0.1) is 0 Å². The average molecular weight is 298 g/mol. The number of H-pyrrole nitrogens is 1. The van der Waals surface area contributed by atoms with Crippen LogP contribution in [0.2, 0.25) is 10.0 Å². The first kappa shape index (κ1) is 13.9. The molecular weight excluding hydrogens is 285 g/mol. The molecule has 0 aliphatic rings. The number of carbonyl (C=O) groups excluding carboxylic acids is 1. The van der Waals surface area contributed by atoms with Crippen LogP contribution in [0.3, 0.4) is 0 Å². The van der Waals surface area contributed by atoms with E-state index in [0.717, 1.165) is 11.3 Å². The van der Waals surface area contributed by atoms with Gasteiger partial charge in [-0.1, -0.05) is 29.3 Å². The molecule has 0 fully saturated rings. The van der Waals surface area contributed by atoms with Crippen LogP contribution < -0.4 is 5.32 Å². The highest BCUT2D eigenvalue weighted by Crippen LogP contribution is 2.21. The summed E-state index contributed by atoms with van der Waals surface area (Å²) in [5, 5.41) is 10.6. The Morgan fingerprint density at radius 3 is 2.79 bits per heavy atom. The summed E-state index contributed by atoms with van der Waals surface area (Å²) in [6.07, 6.45) is 0.644. The molecule has 1 amide bonds. The largest absolute Gasteiger partial charge is 0.350 e. The first-order valence-corrected chi connectivity index (χ1v) is 6.56. The minimum atomic E-state index is -0.200. The third-order valence-corrected chi connectivity index (χ3v) is 3.22. The maximum Gasteiger partial charge on any atom is 0.271 e. The number of nitrogens with zero attached hydrogens (tertiary/aromatic N) is 1. The summed E-state index contributed by atoms with van der Waals surface area (Å²) in [6.45, 7) is 2.34. The van der Waals surface area contributed by atoms with Crippen LogP contribution in [0, 0.1) is 6.92 Å². The van der Waals surface area contributed by atoms with Crippen LogP contribution in [-0.2, 0) is 6.42 Å². The lowest BCUT2D eigenvalue weighted by Gasteiger charge is -2.05. The van der Waals surface area contributed by atoms with Gasteiger partial charge >= 0.3 is 0 Å². The molecule has 2 N–H and O–H groups in total. The van der Waals surface area contributed by atoms with Gasteiger partial charge in [-0.05, 0) is 37.1 Å². The molecule has 1 aromatic heterocycles. The van der Waals surface area contributed by atoms with E-state index in [-0.39, 0.29) is 5.91 Å². The summed E-state index contributed by atoms with van der Waals surface area (Å²) >= 11 is 11.9. The summed E-state index contributed by atoms with van der Waals surface area (Å²) in [4.78, 5) is 11.7. The molecule has 0 aliphatic carbocycles. The quantitative estimate of drug-likeness (QED) is 0.911. The third-order valence-electron chi connectivity index (χ3n) is 2.63. The molecule has 0 aliphatic heterocycles. The van der Waals surface area contributed by atoms with Crippen LogP contribution in [0.4, 0.5) is 0 Å². The highest BCUT2D eigenvalue weighted by molar-refractivity contribution is 6.35. The van der Waals surface area contributed by atoms with E-state index in [2.05, 4.69) is 15.5 Å². The fourth-order valence-electron chi connectivity index (χ4n) is 1.66. The lowest BCUT2D eigenvalue weighted by atomic mass is 10.1. The van der Waals surface area contributed by atoms with Gasteiger partial charge in [0.1, 0.15) is 5.69 Å². The Morgan fingerprint density at radius 1 is 1.37 bits per heavy atom. The zero-order chi connectivity index (χ0) is 13.8. The van der Waals surface area contributed by atoms with Gasteiger partial charge < -0.3 is 5.32 Å². The molecule has 6 heteroatoms. The molecule has 0 radical (unpaired) electrons. The molecule has 1 aromatic carbocycles. The molecule has 2 rings (SSSR count). The summed E-state index contributed by atoms with van der Waals surface area (Å²) < 4.78 is 0. The Bertz CT molecular complexity index is 595. The second-order valence-corrected chi connectivity index (χ2v) is 5.02. The van der Waals surface area contributed by atoms with E-state index >= 15 is 0 Å². The first-order valence-electron chi connectivity index (χ1n) is 5.80. The smallest absolute Gasteiger partial charge is 0.271 e. The van der Waals surface area contributed by atoms with E-state index in [1.54, 1.807) is 18.2 Å². The van der Waals surface area contributed by atoms with Gasteiger partial charge in [0.2, 0.25) is 0 Å². The summed E-state index contributed by atoms with van der Waals surface area (Å²) in [5.74, 6) is -0.200. The molecule has 100 valence electrons. The molecule has 0 atom stereocenters. The van der Waals surface area contributed by atoms with Crippen molar-refractivity contribution >= 4 is 29.1 Å². The number of rotatable bonds is 4. The minimum absolute atomic E-state index is 0.200. The second kappa shape index (κ2) is 6.08. The van der Waals surface area contributed by atoms with Crippen LogP contribution in [-0.4, -0.2) is 22.6 Å². The van der Waals surface area contributed by atoms with Crippen molar-refractivity contribution in [3.8, 4) is 0 Å². The van der Waals surface area contributed by atoms with Gasteiger partial charge in [-0.3, -0.25) is 9.89 Å². The number of benzene rings is 1. The molecule has 1 heterocycles. The van der Waals surface area contributed by atoms with Gasteiger partial charge in [0.05, 0.1) is 0 Å². The minimum Gasteiger partial charge on any atom is -0.350 e. The predicted octanol–water partition coefficient (Wildman–Crippen LogP) is 3.00. The van der Waals surface area contributed by atoms with Gasteiger partial charge in [-0.2, -0.15) is 5.10 Å². The number of aromatic amines is 1. The van der Waals surface area contributed by atoms with E-state index in [0.29, 0.717) is 28.7 Å². The molecule has 0 spiro atoms. The van der Waals surface area contributed by atoms with Gasteiger partial charge in [-0.25, -0.2) is 0 Å². The molecule has 0 bridgehead atoms. The molecule has 2 aromatic rings. The highest BCUT2D eigenvalue weighted by atomic mass is 35.5. The van der Waals surface area contributed by atoms with Crippen molar-refractivity contribution in [1.29, 1.82) is 0 Å². The van der Waals surface area contributed by atoms with E-state index in [4.69, 9.17) is 23.2 Å². The number of halogens is 2. The summed E-state index contributed by atoms with van der Waals surface area (Å²) in [6, 6.07) is 7.03. The fraction of sp³-hybridized carbons (Fsp3) is 0.231. The van der Waals surface area contributed by atoms with Crippen molar-refractivity contribution in [1.82, 2.24) is 15.5 Å². The molecule has 19 heavy (non-hydrogen) atoms. The van der Waals surface area contributed by atoms with Crippen molar-refractivity contribution in [2.75, 3.05) is 6.54 Å². The van der Waals surface area contributed by atoms with Crippen LogP contribution >= 0.6 is 23.2 Å². The normalized spacial score (nSPS) is 10.5. The predicted molar refractivity (Wildman–Crippen MR) is 75.8 cm³/mol. The van der Waals surface area contributed by atoms with Crippen LogP contribution in [0.15, 0.2) is 24.3 Å². The lowest BCUT2D eigenvalue weighted by Crippen LogP contribution is -2.26. The molecule has 0 unspecified atom stereocenters. The zero-order valence-corrected chi connectivity index (χ0v) is 11.8. The number of aromatic nitrogens is 2. The van der Waals surface area contributed by atoms with E-state index < -0.39 is 0 Å². The van der Waals surface area contributed by atoms with Crippen molar-refractivity contribution in [3.05, 3.63) is 51.3 Å². The number of amides is 1. The fourth-order valence-corrected chi connectivity index (χ4v) is 2.16. The second-order valence-electron chi connectivity index (χ2n) is 4.18. The van der Waals surface area contributed by atoms with Crippen molar-refractivity contribution in [3.63, 3.8) is 0 Å². The standard InChI is InChI=1S/C13H13Cl2N3O/c1-8-6-12(18-17-8)13(19)16-5-4-9-2-3-10(14)7-11(9)15/h2-3,6-7H,4-5H2,1H3,(H,16,19)(H,17,18). The monoisotopic (exact) mass is 297 g/mol. The summed E-state index contributed by atoms with van der Waals surface area (Å²) in [5.41, 5.74) is 2.19. The molecule has 4 nitrogen and oxygen atoms in total. The molecule has 0 saturated heterocycles. The average Bonchev–Trinajstić information content (AvgIpc) is 2.78. The molecular formula is C13H13Cl2N3O. The third kappa shape index (κ3) is 3.72. The van der Waals surface area contributed by atoms with Gasteiger partial charge in [0.25, 0.3) is 5.91 Å². The Balaban J connectivity index is 1.88. The Labute approximate surface area is 121 Å². The zero-order valence-electron chi connectivity index (χ0n) is 10.3. The maximum atomic E-state index is 11.7. The van der Waals surface area contributed by atoms with Gasteiger partial charge in [0, 0.05) is 22.3 Å².